The number of rotatable bonds is 16. The molecule has 4 heterocycles. The van der Waals surface area contributed by atoms with Crippen LogP contribution in [0, 0.1) is 11.8 Å². The van der Waals surface area contributed by atoms with E-state index in [9.17, 15) is 20.1 Å². The molecule has 1 aromatic heterocycles. The van der Waals surface area contributed by atoms with Crippen LogP contribution in [0.5, 0.6) is 11.5 Å². The number of aromatic nitrogens is 1. The number of pyridine rings is 1. The van der Waals surface area contributed by atoms with E-state index < -0.39 is 11.7 Å². The predicted molar refractivity (Wildman–Crippen MR) is 203 cm³/mol. The Hall–Kier alpha value is -3.25. The number of H-pyrrole nitrogens is 1. The van der Waals surface area contributed by atoms with Crippen LogP contribution in [0.15, 0.2) is 83.7 Å². The minimum Gasteiger partial charge on any atom is -1.00 e. The molecule has 1 unspecified atom stereocenters. The van der Waals surface area contributed by atoms with Gasteiger partial charge in [-0.15, -0.1) is 0 Å². The Bertz CT molecular complexity index is 1820. The predicted octanol–water partition coefficient (Wildman–Crippen LogP) is 2.96. The number of aromatic hydroxyl groups is 1. The van der Waals surface area contributed by atoms with Crippen LogP contribution in [-0.2, 0) is 16.8 Å². The Morgan fingerprint density at radius 3 is 2.43 bits per heavy atom. The lowest BCUT2D eigenvalue weighted by atomic mass is 9.80. The summed E-state index contributed by atoms with van der Waals surface area (Å²) < 4.78 is 14.0. The van der Waals surface area contributed by atoms with Gasteiger partial charge in [0, 0.05) is 49.2 Å². The summed E-state index contributed by atoms with van der Waals surface area (Å²) in [5.74, 6) is 1.71. The molecule has 4 aromatic rings. The van der Waals surface area contributed by atoms with Gasteiger partial charge in [-0.05, 0) is 73.1 Å². The van der Waals surface area contributed by atoms with Gasteiger partial charge < -0.3 is 56.6 Å². The van der Waals surface area contributed by atoms with Crippen molar-refractivity contribution in [1.29, 1.82) is 0 Å². The molecule has 8 rings (SSSR count). The molecular weight excluding hydrogens is 734 g/mol. The van der Waals surface area contributed by atoms with Crippen molar-refractivity contribution in [3.63, 3.8) is 0 Å². The third-order valence-corrected chi connectivity index (χ3v) is 12.3. The van der Waals surface area contributed by atoms with E-state index in [0.717, 1.165) is 54.6 Å². The van der Waals surface area contributed by atoms with Gasteiger partial charge in [0.2, 0.25) is 5.56 Å². The quantitative estimate of drug-likeness (QED) is 0.0875. The average molecular weight is 791 g/mol. The van der Waals surface area contributed by atoms with Gasteiger partial charge in [0.05, 0.1) is 44.5 Å². The van der Waals surface area contributed by atoms with Crippen LogP contribution in [0.1, 0.15) is 74.7 Å². The maximum Gasteiger partial charge on any atom is 0.248 e. The number of phenols is 1. The summed E-state index contributed by atoms with van der Waals surface area (Å²) in [5.41, 5.74) is 1.96. The number of aromatic amines is 1. The number of nitrogens with one attached hydrogen (secondary N) is 2. The lowest BCUT2D eigenvalue weighted by Crippen LogP contribution is -3.00. The van der Waals surface area contributed by atoms with Crippen LogP contribution < -0.4 is 32.6 Å². The normalized spacial score (nSPS) is 23.7. The topological polar surface area (TPSA) is 124 Å². The fourth-order valence-electron chi connectivity index (χ4n) is 9.24. The van der Waals surface area contributed by atoms with Crippen molar-refractivity contribution >= 4 is 10.9 Å². The smallest absolute Gasteiger partial charge is 0.248 e. The minimum atomic E-state index is -0.913. The molecule has 2 bridgehead atoms. The molecule has 3 aromatic carbocycles. The standard InChI is InChI=1S/C43H55N3O6.BrH/c1-30(44-27-39(48)36-16-18-38(47)42-37(36)17-19-41(49)45-42)26-31-12-14-35(15-13-31)51-25-7-22-46-23-20-32(21-24-46)40(28-46)52-29-43(50,34-10-5-6-11-34)33-8-3-2-4-9-33;/h2-4,8-9,12-19,30,32,34,39-40,44,48,50H,5-7,10-11,20-29H2,1H3,(H-,45,47,49);1H/t30?,32?,39-,40-,43+,46?;/m0./s1. The SMILES string of the molecule is CC(Cc1ccc(OCCC[N+]23CCC(CC2)[C@@H](OC[C@@](O)(c2ccccc2)C2CCCC2)C3)cc1)NC[C@H](O)c1ccc(O)c2[nH]c(=O)ccc12.[Br-]. The molecule has 0 amide bonds. The van der Waals surface area contributed by atoms with Crippen LogP contribution in [-0.4, -0.2) is 82.9 Å². The molecule has 286 valence electrons. The Kier molecular flexibility index (Phi) is 13.0. The summed E-state index contributed by atoms with van der Waals surface area (Å²) in [5, 5.41) is 37.2. The monoisotopic (exact) mass is 789 g/mol. The molecule has 3 saturated heterocycles. The second-order valence-corrected chi connectivity index (χ2v) is 15.8. The Labute approximate surface area is 323 Å². The summed E-state index contributed by atoms with van der Waals surface area (Å²) >= 11 is 0. The fraction of sp³-hybridized carbons (Fsp3) is 0.512. The number of quaternary nitrogens is 1. The Balaban J connectivity index is 0.00000481. The molecule has 5 N–H and O–H groups in total. The van der Waals surface area contributed by atoms with Gasteiger partial charge in [-0.25, -0.2) is 0 Å². The van der Waals surface area contributed by atoms with Crippen molar-refractivity contribution in [2.75, 3.05) is 45.9 Å². The average Bonchev–Trinajstić information content (AvgIpc) is 3.73. The van der Waals surface area contributed by atoms with E-state index in [2.05, 4.69) is 41.5 Å². The van der Waals surface area contributed by atoms with Crippen LogP contribution in [0.2, 0.25) is 0 Å². The van der Waals surface area contributed by atoms with Crippen molar-refractivity contribution < 1.29 is 46.3 Å². The Morgan fingerprint density at radius 1 is 0.962 bits per heavy atom. The van der Waals surface area contributed by atoms with Gasteiger partial charge in [-0.3, -0.25) is 4.79 Å². The number of fused-ring (bicyclic) bond motifs is 4. The maximum absolute atomic E-state index is 12.0. The largest absolute Gasteiger partial charge is 1.00 e. The Morgan fingerprint density at radius 2 is 1.70 bits per heavy atom. The molecule has 4 aliphatic rings. The van der Waals surface area contributed by atoms with Crippen molar-refractivity contribution in [3.8, 4) is 11.5 Å². The number of hydrogen-bond acceptors (Lipinski definition) is 7. The summed E-state index contributed by atoms with van der Waals surface area (Å²) in [6.07, 6.45) is 8.10. The number of piperidine rings is 3. The second kappa shape index (κ2) is 17.5. The van der Waals surface area contributed by atoms with Gasteiger partial charge >= 0.3 is 0 Å². The van der Waals surface area contributed by atoms with E-state index in [1.165, 1.54) is 56.5 Å². The first-order valence-corrected chi connectivity index (χ1v) is 19.4. The molecule has 1 aliphatic carbocycles. The van der Waals surface area contributed by atoms with Gasteiger partial charge in [-0.1, -0.05) is 61.4 Å². The zero-order valence-corrected chi connectivity index (χ0v) is 32.5. The first-order chi connectivity index (χ1) is 25.2. The van der Waals surface area contributed by atoms with Gasteiger partial charge in [0.1, 0.15) is 29.7 Å². The number of halogens is 1. The molecule has 1 saturated carbocycles. The molecular formula is C43H56BrN3O6. The van der Waals surface area contributed by atoms with Crippen molar-refractivity contribution in [2.45, 2.75) is 82.1 Å². The molecule has 9 nitrogen and oxygen atoms in total. The van der Waals surface area contributed by atoms with Crippen molar-refractivity contribution in [3.05, 3.63) is 106 Å². The summed E-state index contributed by atoms with van der Waals surface area (Å²) in [4.78, 5) is 14.4. The highest BCUT2D eigenvalue weighted by Gasteiger charge is 2.48. The van der Waals surface area contributed by atoms with Gasteiger partial charge in [-0.2, -0.15) is 0 Å². The highest BCUT2D eigenvalue weighted by Crippen LogP contribution is 2.43. The molecule has 53 heavy (non-hydrogen) atoms. The van der Waals surface area contributed by atoms with Crippen molar-refractivity contribution in [2.24, 2.45) is 11.8 Å². The van der Waals surface area contributed by atoms with Crippen LogP contribution in [0.3, 0.4) is 0 Å². The number of aliphatic hydroxyl groups is 2. The molecule has 3 aliphatic heterocycles. The maximum atomic E-state index is 12.0. The van der Waals surface area contributed by atoms with Gasteiger partial charge in [0.25, 0.3) is 0 Å². The lowest BCUT2D eigenvalue weighted by Gasteiger charge is -2.53. The summed E-state index contributed by atoms with van der Waals surface area (Å²) in [6.45, 7) is 8.04. The number of phenolic OH excluding ortho intramolecular Hbond substituents is 1. The van der Waals surface area contributed by atoms with Crippen LogP contribution >= 0.6 is 0 Å². The third kappa shape index (κ3) is 9.18. The highest BCUT2D eigenvalue weighted by molar-refractivity contribution is 5.87. The van der Waals surface area contributed by atoms with Crippen LogP contribution in [0.25, 0.3) is 10.9 Å². The van der Waals surface area contributed by atoms with E-state index in [0.29, 0.717) is 42.1 Å². The minimum absolute atomic E-state index is 0. The first kappa shape index (κ1) is 39.4. The zero-order valence-electron chi connectivity index (χ0n) is 30.9. The van der Waals surface area contributed by atoms with E-state index in [1.54, 1.807) is 12.1 Å². The lowest BCUT2D eigenvalue weighted by molar-refractivity contribution is -0.946. The summed E-state index contributed by atoms with van der Waals surface area (Å²) in [7, 11) is 0. The molecule has 0 radical (unpaired) electrons. The number of benzene rings is 3. The molecule has 0 spiro atoms. The number of aliphatic hydroxyl groups excluding tert-OH is 1. The first-order valence-electron chi connectivity index (χ1n) is 19.4. The van der Waals surface area contributed by atoms with Crippen molar-refractivity contribution in [1.82, 2.24) is 10.3 Å². The van der Waals surface area contributed by atoms with E-state index in [1.807, 2.05) is 30.3 Å². The molecule has 4 atom stereocenters. The number of nitrogens with zero attached hydrogens (tertiary/aromatic N) is 1. The van der Waals surface area contributed by atoms with Crippen LogP contribution in [0.4, 0.5) is 0 Å². The van der Waals surface area contributed by atoms with E-state index in [-0.39, 0.29) is 46.4 Å². The fourth-order valence-corrected chi connectivity index (χ4v) is 9.24. The van der Waals surface area contributed by atoms with Gasteiger partial charge in [0.15, 0.2) is 0 Å². The molecule has 10 heteroatoms. The molecule has 4 fully saturated rings. The zero-order chi connectivity index (χ0) is 36.1. The summed E-state index contributed by atoms with van der Waals surface area (Å²) in [6, 6.07) is 24.9. The van der Waals surface area contributed by atoms with E-state index in [4.69, 9.17) is 9.47 Å². The third-order valence-electron chi connectivity index (χ3n) is 12.3. The number of ether oxygens (including phenoxy) is 2. The van der Waals surface area contributed by atoms with E-state index >= 15 is 0 Å². The highest BCUT2D eigenvalue weighted by atomic mass is 79.9. The second-order valence-electron chi connectivity index (χ2n) is 15.8. The number of hydrogen-bond donors (Lipinski definition) is 5.